The molecule has 114 valence electrons. The van der Waals surface area contributed by atoms with Gasteiger partial charge >= 0.3 is 0 Å². The van der Waals surface area contributed by atoms with E-state index in [4.69, 9.17) is 5.73 Å². The van der Waals surface area contributed by atoms with Crippen LogP contribution in [0.2, 0.25) is 0 Å². The van der Waals surface area contributed by atoms with Crippen molar-refractivity contribution in [3.63, 3.8) is 0 Å². The zero-order valence-corrected chi connectivity index (χ0v) is 12.0. The molecule has 0 unspecified atom stereocenters. The van der Waals surface area contributed by atoms with Crippen molar-refractivity contribution in [2.24, 2.45) is 10.7 Å². The van der Waals surface area contributed by atoms with Gasteiger partial charge in [0.05, 0.1) is 11.5 Å². The Morgan fingerprint density at radius 3 is 2.57 bits per heavy atom. The van der Waals surface area contributed by atoms with Gasteiger partial charge in [0.1, 0.15) is 0 Å². The number of aliphatic imine (C=N–C) groups is 1. The van der Waals surface area contributed by atoms with E-state index in [0.717, 1.165) is 18.8 Å². The SMILES string of the molecule is NC(=NCCNc1ccc([N+](=O)[O-])cc1)N1CCCCC1. The predicted octanol–water partition coefficient (Wildman–Crippen LogP) is 1.81. The lowest BCUT2D eigenvalue weighted by Crippen LogP contribution is -2.41. The van der Waals surface area contributed by atoms with Crippen LogP contribution in [0.5, 0.6) is 0 Å². The minimum Gasteiger partial charge on any atom is -0.383 e. The topological polar surface area (TPSA) is 96.8 Å². The molecule has 1 fully saturated rings. The summed E-state index contributed by atoms with van der Waals surface area (Å²) in [6.07, 6.45) is 3.63. The summed E-state index contributed by atoms with van der Waals surface area (Å²) in [7, 11) is 0. The van der Waals surface area contributed by atoms with E-state index in [9.17, 15) is 10.1 Å². The van der Waals surface area contributed by atoms with Crippen molar-refractivity contribution in [1.82, 2.24) is 4.90 Å². The molecule has 0 atom stereocenters. The van der Waals surface area contributed by atoms with Crippen LogP contribution in [0.25, 0.3) is 0 Å². The van der Waals surface area contributed by atoms with Gasteiger partial charge in [0, 0.05) is 37.5 Å². The summed E-state index contributed by atoms with van der Waals surface area (Å²) in [6, 6.07) is 6.34. The molecule has 3 N–H and O–H groups in total. The van der Waals surface area contributed by atoms with E-state index in [2.05, 4.69) is 15.2 Å². The summed E-state index contributed by atoms with van der Waals surface area (Å²) < 4.78 is 0. The molecule has 1 aromatic carbocycles. The van der Waals surface area contributed by atoms with Gasteiger partial charge in [-0.3, -0.25) is 15.1 Å². The second kappa shape index (κ2) is 7.47. The molecule has 1 aromatic rings. The maximum absolute atomic E-state index is 10.5. The molecule has 0 radical (unpaired) electrons. The maximum atomic E-state index is 10.5. The molecule has 0 amide bonds. The highest BCUT2D eigenvalue weighted by Crippen LogP contribution is 2.15. The quantitative estimate of drug-likeness (QED) is 0.283. The number of rotatable bonds is 5. The normalized spacial score (nSPS) is 15.8. The number of nitro benzene ring substituents is 1. The fourth-order valence-electron chi connectivity index (χ4n) is 2.29. The second-order valence-corrected chi connectivity index (χ2v) is 5.02. The summed E-state index contributed by atoms with van der Waals surface area (Å²) in [5.74, 6) is 0.611. The Kier molecular flexibility index (Phi) is 5.36. The molecule has 0 bridgehead atoms. The highest BCUT2D eigenvalue weighted by atomic mass is 16.6. The van der Waals surface area contributed by atoms with Crippen molar-refractivity contribution in [3.8, 4) is 0 Å². The number of nitrogens with one attached hydrogen (secondary N) is 1. The van der Waals surface area contributed by atoms with Crippen LogP contribution in [0.4, 0.5) is 11.4 Å². The first kappa shape index (κ1) is 15.1. The van der Waals surface area contributed by atoms with Crippen molar-refractivity contribution in [1.29, 1.82) is 0 Å². The van der Waals surface area contributed by atoms with Gasteiger partial charge in [0.2, 0.25) is 0 Å². The Balaban J connectivity index is 1.74. The zero-order chi connectivity index (χ0) is 15.1. The smallest absolute Gasteiger partial charge is 0.269 e. The third-order valence-corrected chi connectivity index (χ3v) is 3.47. The molecule has 7 heteroatoms. The molecule has 1 saturated heterocycles. The highest BCUT2D eigenvalue weighted by molar-refractivity contribution is 5.78. The Morgan fingerprint density at radius 1 is 1.29 bits per heavy atom. The van der Waals surface area contributed by atoms with Crippen molar-refractivity contribution in [2.75, 3.05) is 31.5 Å². The van der Waals surface area contributed by atoms with Crippen molar-refractivity contribution in [2.45, 2.75) is 19.3 Å². The van der Waals surface area contributed by atoms with Crippen LogP contribution in [-0.4, -0.2) is 42.0 Å². The van der Waals surface area contributed by atoms with E-state index in [0.29, 0.717) is 19.0 Å². The van der Waals surface area contributed by atoms with Gasteiger partial charge in [-0.25, -0.2) is 0 Å². The fraction of sp³-hybridized carbons (Fsp3) is 0.500. The summed E-state index contributed by atoms with van der Waals surface area (Å²) in [4.78, 5) is 16.6. The lowest BCUT2D eigenvalue weighted by Gasteiger charge is -2.27. The summed E-state index contributed by atoms with van der Waals surface area (Å²) >= 11 is 0. The molecule has 7 nitrogen and oxygen atoms in total. The highest BCUT2D eigenvalue weighted by Gasteiger charge is 2.11. The number of piperidine rings is 1. The number of nitrogens with zero attached hydrogens (tertiary/aromatic N) is 3. The molecule has 1 heterocycles. The molecular formula is C14H21N5O2. The van der Waals surface area contributed by atoms with E-state index >= 15 is 0 Å². The van der Waals surface area contributed by atoms with E-state index in [1.165, 1.54) is 31.4 Å². The van der Waals surface area contributed by atoms with Gasteiger partial charge in [0.25, 0.3) is 5.69 Å². The molecule has 0 spiro atoms. The zero-order valence-electron chi connectivity index (χ0n) is 12.0. The fourth-order valence-corrected chi connectivity index (χ4v) is 2.29. The first-order valence-electron chi connectivity index (χ1n) is 7.20. The molecular weight excluding hydrogens is 270 g/mol. The Bertz CT molecular complexity index is 495. The van der Waals surface area contributed by atoms with Gasteiger partial charge in [-0.1, -0.05) is 0 Å². The molecule has 0 aromatic heterocycles. The van der Waals surface area contributed by atoms with E-state index in [1.807, 2.05) is 0 Å². The van der Waals surface area contributed by atoms with E-state index in [1.54, 1.807) is 12.1 Å². The molecule has 21 heavy (non-hydrogen) atoms. The van der Waals surface area contributed by atoms with Crippen molar-refractivity contribution >= 4 is 17.3 Å². The van der Waals surface area contributed by atoms with Crippen LogP contribution in [0.1, 0.15) is 19.3 Å². The number of nitro groups is 1. The van der Waals surface area contributed by atoms with Gasteiger partial charge in [0.15, 0.2) is 5.96 Å². The second-order valence-electron chi connectivity index (χ2n) is 5.02. The Morgan fingerprint density at radius 2 is 1.95 bits per heavy atom. The largest absolute Gasteiger partial charge is 0.383 e. The van der Waals surface area contributed by atoms with Gasteiger partial charge in [-0.2, -0.15) is 0 Å². The van der Waals surface area contributed by atoms with Gasteiger partial charge in [-0.05, 0) is 31.4 Å². The van der Waals surface area contributed by atoms with Crippen LogP contribution < -0.4 is 11.1 Å². The Hall–Kier alpha value is -2.31. The van der Waals surface area contributed by atoms with Crippen molar-refractivity contribution in [3.05, 3.63) is 34.4 Å². The molecule has 1 aliphatic rings. The maximum Gasteiger partial charge on any atom is 0.269 e. The lowest BCUT2D eigenvalue weighted by atomic mass is 10.1. The standard InChI is InChI=1S/C14H21N5O2/c15-14(18-10-2-1-3-11-18)17-9-8-16-12-4-6-13(7-5-12)19(20)21/h4-7,16H,1-3,8-11H2,(H2,15,17). The van der Waals surface area contributed by atoms with E-state index in [-0.39, 0.29) is 5.69 Å². The van der Waals surface area contributed by atoms with E-state index < -0.39 is 4.92 Å². The number of likely N-dealkylation sites (tertiary alicyclic amines) is 1. The first-order valence-corrected chi connectivity index (χ1v) is 7.20. The number of non-ortho nitro benzene ring substituents is 1. The van der Waals surface area contributed by atoms with Gasteiger partial charge in [-0.15, -0.1) is 0 Å². The van der Waals surface area contributed by atoms with Gasteiger partial charge < -0.3 is 16.0 Å². The van der Waals surface area contributed by atoms with Crippen molar-refractivity contribution < 1.29 is 4.92 Å². The predicted molar refractivity (Wildman–Crippen MR) is 83.5 cm³/mol. The van der Waals surface area contributed by atoms with Crippen LogP contribution >= 0.6 is 0 Å². The minimum absolute atomic E-state index is 0.0907. The van der Waals surface area contributed by atoms with Crippen LogP contribution in [0.15, 0.2) is 29.3 Å². The third-order valence-electron chi connectivity index (χ3n) is 3.47. The summed E-state index contributed by atoms with van der Waals surface area (Å²) in [5.41, 5.74) is 6.89. The number of hydrogen-bond donors (Lipinski definition) is 2. The summed E-state index contributed by atoms with van der Waals surface area (Å²) in [5, 5.41) is 13.7. The number of guanidine groups is 1. The number of benzene rings is 1. The van der Waals surface area contributed by atoms with Crippen LogP contribution in [0.3, 0.4) is 0 Å². The number of hydrogen-bond acceptors (Lipinski definition) is 4. The van der Waals surface area contributed by atoms with Crippen LogP contribution in [-0.2, 0) is 0 Å². The minimum atomic E-state index is -0.409. The molecule has 2 rings (SSSR count). The molecule has 0 aliphatic carbocycles. The Labute approximate surface area is 124 Å². The number of anilines is 1. The third kappa shape index (κ3) is 4.62. The molecule has 0 saturated carbocycles. The average molecular weight is 291 g/mol. The monoisotopic (exact) mass is 291 g/mol. The number of nitrogens with two attached hydrogens (primary N) is 1. The van der Waals surface area contributed by atoms with Crippen LogP contribution in [0, 0.1) is 10.1 Å². The average Bonchev–Trinajstić information content (AvgIpc) is 2.52. The summed E-state index contributed by atoms with van der Waals surface area (Å²) in [6.45, 7) is 3.21. The lowest BCUT2D eigenvalue weighted by molar-refractivity contribution is -0.384. The first-order chi connectivity index (χ1) is 10.2. The molecule has 1 aliphatic heterocycles.